The van der Waals surface area contributed by atoms with E-state index in [1.807, 2.05) is 24.3 Å². The van der Waals surface area contributed by atoms with Gasteiger partial charge in [0.15, 0.2) is 0 Å². The van der Waals surface area contributed by atoms with Gasteiger partial charge in [0.25, 0.3) is 0 Å². The molecule has 94 valence electrons. The number of phenolic OH excluding ortho intramolecular Hbond substituents is 1. The van der Waals surface area contributed by atoms with Gasteiger partial charge in [-0.15, -0.1) is 0 Å². The van der Waals surface area contributed by atoms with Gasteiger partial charge in [-0.3, -0.25) is 0 Å². The van der Waals surface area contributed by atoms with Gasteiger partial charge in [0.1, 0.15) is 5.75 Å². The molecular formula is C13H10BrClINO. The summed E-state index contributed by atoms with van der Waals surface area (Å²) in [5.74, 6) is 0.107. The van der Waals surface area contributed by atoms with E-state index in [0.717, 1.165) is 15.7 Å². The minimum Gasteiger partial charge on any atom is -0.506 e. The van der Waals surface area contributed by atoms with Crippen molar-refractivity contribution in [2.75, 3.05) is 5.32 Å². The van der Waals surface area contributed by atoms with E-state index in [0.29, 0.717) is 11.6 Å². The standard InChI is InChI=1S/C13H10BrClINO/c14-10-6-9(16)2-3-12(10)17-7-8-1-4-13(18)11(15)5-8/h1-6,17-18H,7H2. The fourth-order valence-corrected chi connectivity index (χ4v) is 3.13. The van der Waals surface area contributed by atoms with Crippen molar-refractivity contribution in [3.05, 3.63) is 55.0 Å². The highest BCUT2D eigenvalue weighted by molar-refractivity contribution is 14.1. The normalized spacial score (nSPS) is 10.4. The van der Waals surface area contributed by atoms with E-state index in [9.17, 15) is 5.11 Å². The van der Waals surface area contributed by atoms with Gasteiger partial charge in [-0.25, -0.2) is 0 Å². The van der Waals surface area contributed by atoms with Gasteiger partial charge in [0.2, 0.25) is 0 Å². The maximum atomic E-state index is 9.34. The summed E-state index contributed by atoms with van der Waals surface area (Å²) in [6.45, 7) is 0.652. The molecule has 0 aromatic heterocycles. The Hall–Kier alpha value is -0.460. The predicted octanol–water partition coefficient (Wildman–Crippen LogP) is 5.02. The van der Waals surface area contributed by atoms with Crippen LogP contribution in [0.1, 0.15) is 5.56 Å². The van der Waals surface area contributed by atoms with E-state index in [4.69, 9.17) is 11.6 Å². The second-order valence-electron chi connectivity index (χ2n) is 3.76. The Morgan fingerprint density at radius 3 is 2.67 bits per heavy atom. The zero-order valence-electron chi connectivity index (χ0n) is 9.25. The van der Waals surface area contributed by atoms with E-state index in [-0.39, 0.29) is 5.75 Å². The molecule has 0 bridgehead atoms. The zero-order chi connectivity index (χ0) is 13.1. The van der Waals surface area contributed by atoms with Crippen LogP contribution in [0.3, 0.4) is 0 Å². The summed E-state index contributed by atoms with van der Waals surface area (Å²) in [6.07, 6.45) is 0. The highest BCUT2D eigenvalue weighted by Gasteiger charge is 2.02. The Kier molecular flexibility index (Phi) is 4.75. The van der Waals surface area contributed by atoms with Gasteiger partial charge >= 0.3 is 0 Å². The Balaban J connectivity index is 2.09. The molecule has 0 spiro atoms. The van der Waals surface area contributed by atoms with Gasteiger partial charge in [-0.2, -0.15) is 0 Å². The van der Waals surface area contributed by atoms with E-state index >= 15 is 0 Å². The number of hydrogen-bond donors (Lipinski definition) is 2. The van der Waals surface area contributed by atoms with E-state index in [2.05, 4.69) is 43.8 Å². The molecule has 18 heavy (non-hydrogen) atoms. The SMILES string of the molecule is Oc1ccc(CNc2ccc(I)cc2Br)cc1Cl. The number of halogens is 3. The highest BCUT2D eigenvalue weighted by Crippen LogP contribution is 2.27. The first kappa shape index (κ1) is 14.0. The predicted molar refractivity (Wildman–Crippen MR) is 87.3 cm³/mol. The summed E-state index contributed by atoms with van der Waals surface area (Å²) in [6, 6.07) is 11.3. The topological polar surface area (TPSA) is 32.3 Å². The van der Waals surface area contributed by atoms with E-state index < -0.39 is 0 Å². The Morgan fingerprint density at radius 1 is 1.22 bits per heavy atom. The van der Waals surface area contributed by atoms with Crippen molar-refractivity contribution in [3.8, 4) is 5.75 Å². The molecule has 0 aliphatic heterocycles. The number of hydrogen-bond acceptors (Lipinski definition) is 2. The summed E-state index contributed by atoms with van der Waals surface area (Å²) >= 11 is 11.6. The number of aromatic hydroxyl groups is 1. The van der Waals surface area contributed by atoms with Crippen molar-refractivity contribution in [2.24, 2.45) is 0 Å². The molecule has 2 aromatic carbocycles. The summed E-state index contributed by atoms with van der Waals surface area (Å²) in [4.78, 5) is 0. The fraction of sp³-hybridized carbons (Fsp3) is 0.0769. The first-order chi connectivity index (χ1) is 8.56. The van der Waals surface area contributed by atoms with Gasteiger partial charge < -0.3 is 10.4 Å². The zero-order valence-corrected chi connectivity index (χ0v) is 13.8. The minimum absolute atomic E-state index is 0.107. The number of benzene rings is 2. The molecule has 0 fully saturated rings. The second-order valence-corrected chi connectivity index (χ2v) is 6.27. The molecule has 2 rings (SSSR count). The van der Waals surface area contributed by atoms with Crippen molar-refractivity contribution in [1.82, 2.24) is 0 Å². The first-order valence-corrected chi connectivity index (χ1v) is 7.47. The molecule has 0 aliphatic carbocycles. The number of anilines is 1. The largest absolute Gasteiger partial charge is 0.506 e. The second kappa shape index (κ2) is 6.12. The molecule has 0 aliphatic rings. The molecule has 2 nitrogen and oxygen atoms in total. The van der Waals surface area contributed by atoms with Crippen LogP contribution in [0.5, 0.6) is 5.75 Å². The first-order valence-electron chi connectivity index (χ1n) is 5.22. The molecule has 0 amide bonds. The third-order valence-corrected chi connectivity index (χ3v) is 4.06. The van der Waals surface area contributed by atoms with Gasteiger partial charge in [-0.1, -0.05) is 17.7 Å². The lowest BCUT2D eigenvalue weighted by Gasteiger charge is -2.09. The summed E-state index contributed by atoms with van der Waals surface area (Å²) in [7, 11) is 0. The van der Waals surface area contributed by atoms with Crippen LogP contribution < -0.4 is 5.32 Å². The molecule has 5 heteroatoms. The van der Waals surface area contributed by atoms with Crippen LogP contribution in [-0.4, -0.2) is 5.11 Å². The fourth-order valence-electron chi connectivity index (χ4n) is 1.49. The van der Waals surface area contributed by atoms with E-state index in [1.165, 1.54) is 3.57 Å². The van der Waals surface area contributed by atoms with Crippen LogP contribution in [0.4, 0.5) is 5.69 Å². The summed E-state index contributed by atoms with van der Waals surface area (Å²) < 4.78 is 2.21. The van der Waals surface area contributed by atoms with Crippen molar-refractivity contribution in [2.45, 2.75) is 6.54 Å². The van der Waals surface area contributed by atoms with Gasteiger partial charge in [-0.05, 0) is 74.4 Å². The van der Waals surface area contributed by atoms with Crippen molar-refractivity contribution in [3.63, 3.8) is 0 Å². The third-order valence-electron chi connectivity index (χ3n) is 2.43. The molecule has 0 radical (unpaired) electrons. The lowest BCUT2D eigenvalue weighted by atomic mass is 10.2. The average Bonchev–Trinajstić information content (AvgIpc) is 2.32. The average molecular weight is 438 g/mol. The monoisotopic (exact) mass is 437 g/mol. The van der Waals surface area contributed by atoms with Gasteiger partial charge in [0.05, 0.1) is 5.02 Å². The van der Waals surface area contributed by atoms with Crippen LogP contribution in [0, 0.1) is 3.57 Å². The Bertz CT molecular complexity index is 577. The van der Waals surface area contributed by atoms with Crippen molar-refractivity contribution in [1.29, 1.82) is 0 Å². The maximum Gasteiger partial charge on any atom is 0.134 e. The molecule has 0 atom stereocenters. The van der Waals surface area contributed by atoms with Crippen LogP contribution in [0.15, 0.2) is 40.9 Å². The molecule has 0 saturated heterocycles. The van der Waals surface area contributed by atoms with Crippen molar-refractivity contribution < 1.29 is 5.11 Å². The van der Waals surface area contributed by atoms with Crippen LogP contribution in [0.25, 0.3) is 0 Å². The molecular weight excluding hydrogens is 428 g/mol. The smallest absolute Gasteiger partial charge is 0.134 e. The highest BCUT2D eigenvalue weighted by atomic mass is 127. The Labute approximate surface area is 133 Å². The summed E-state index contributed by atoms with van der Waals surface area (Å²) in [5, 5.41) is 13.0. The maximum absolute atomic E-state index is 9.34. The number of phenols is 1. The minimum atomic E-state index is 0.107. The lowest BCUT2D eigenvalue weighted by molar-refractivity contribution is 0.475. The van der Waals surface area contributed by atoms with E-state index in [1.54, 1.807) is 12.1 Å². The Morgan fingerprint density at radius 2 is 2.00 bits per heavy atom. The molecule has 0 heterocycles. The van der Waals surface area contributed by atoms with Crippen LogP contribution in [0.2, 0.25) is 5.02 Å². The van der Waals surface area contributed by atoms with Gasteiger partial charge in [0, 0.05) is 20.3 Å². The third kappa shape index (κ3) is 3.52. The van der Waals surface area contributed by atoms with Crippen molar-refractivity contribution >= 4 is 55.8 Å². The van der Waals surface area contributed by atoms with Crippen LogP contribution >= 0.6 is 50.1 Å². The molecule has 2 N–H and O–H groups in total. The molecule has 2 aromatic rings. The molecule has 0 unspecified atom stereocenters. The van der Waals surface area contributed by atoms with Crippen LogP contribution in [-0.2, 0) is 6.54 Å². The molecule has 0 saturated carbocycles. The number of nitrogens with one attached hydrogen (secondary N) is 1. The summed E-state index contributed by atoms with van der Waals surface area (Å²) in [5.41, 5.74) is 2.04. The quantitative estimate of drug-likeness (QED) is 0.660. The lowest BCUT2D eigenvalue weighted by Crippen LogP contribution is -2.00. The number of rotatable bonds is 3.